The number of imide groups is 1. The smallest absolute Gasteiger partial charge is 0.261 e. The highest BCUT2D eigenvalue weighted by Crippen LogP contribution is 2.27. The van der Waals surface area contributed by atoms with Gasteiger partial charge in [0.05, 0.1) is 50.2 Å². The molecule has 36 heavy (non-hydrogen) atoms. The van der Waals surface area contributed by atoms with Gasteiger partial charge in [-0.15, -0.1) is 0 Å². The fraction of sp³-hybridized carbons (Fsp3) is 0.444. The number of benzene rings is 2. The van der Waals surface area contributed by atoms with Crippen molar-refractivity contribution in [3.05, 3.63) is 64.7 Å². The molecule has 9 nitrogen and oxygen atoms in total. The van der Waals surface area contributed by atoms with E-state index in [1.54, 1.807) is 42.5 Å². The van der Waals surface area contributed by atoms with Crippen LogP contribution in [0.5, 0.6) is 5.75 Å². The van der Waals surface area contributed by atoms with Crippen LogP contribution in [0.25, 0.3) is 0 Å². The molecular weight excluding hydrogens is 462 g/mol. The first kappa shape index (κ1) is 24.4. The lowest BCUT2D eigenvalue weighted by Gasteiger charge is -2.37. The first-order valence-electron chi connectivity index (χ1n) is 12.4. The molecule has 1 N–H and O–H groups in total. The number of nitrogens with zero attached hydrogens (tertiary/aromatic N) is 2. The number of fused-ring (bicyclic) bond motifs is 1. The molecular formula is C27H31N3O6. The molecule has 190 valence electrons. The van der Waals surface area contributed by atoms with Crippen molar-refractivity contribution in [3.8, 4) is 5.75 Å². The van der Waals surface area contributed by atoms with Gasteiger partial charge in [-0.05, 0) is 36.2 Å². The topological polar surface area (TPSA) is 97.4 Å². The van der Waals surface area contributed by atoms with Gasteiger partial charge in [-0.3, -0.25) is 24.2 Å². The maximum Gasteiger partial charge on any atom is 0.261 e. The molecule has 0 aliphatic carbocycles. The number of rotatable bonds is 8. The van der Waals surface area contributed by atoms with Gasteiger partial charge in [-0.1, -0.05) is 18.2 Å². The molecule has 0 bridgehead atoms. The molecule has 2 atom stereocenters. The van der Waals surface area contributed by atoms with E-state index in [0.717, 1.165) is 26.1 Å². The zero-order chi connectivity index (χ0) is 25.1. The van der Waals surface area contributed by atoms with Crippen LogP contribution in [0.4, 0.5) is 0 Å². The quantitative estimate of drug-likeness (QED) is 0.562. The molecule has 3 amide bonds. The van der Waals surface area contributed by atoms with Crippen LogP contribution in [-0.2, 0) is 16.0 Å². The number of carbonyl (C=O) groups excluding carboxylic acids is 3. The van der Waals surface area contributed by atoms with E-state index in [1.807, 2.05) is 0 Å². The van der Waals surface area contributed by atoms with Gasteiger partial charge in [0.2, 0.25) is 0 Å². The first-order valence-corrected chi connectivity index (χ1v) is 12.4. The molecule has 3 heterocycles. The molecule has 5 rings (SSSR count). The molecule has 9 heteroatoms. The summed E-state index contributed by atoms with van der Waals surface area (Å²) in [6.45, 7) is 5.03. The van der Waals surface area contributed by atoms with Crippen molar-refractivity contribution in [3.63, 3.8) is 0 Å². The predicted molar refractivity (Wildman–Crippen MR) is 131 cm³/mol. The van der Waals surface area contributed by atoms with Crippen molar-refractivity contribution < 1.29 is 28.6 Å². The lowest BCUT2D eigenvalue weighted by atomic mass is 9.96. The lowest BCUT2D eigenvalue weighted by molar-refractivity contribution is 0.00166. The average Bonchev–Trinajstić information content (AvgIpc) is 3.53. The lowest BCUT2D eigenvalue weighted by Crippen LogP contribution is -2.52. The third kappa shape index (κ3) is 4.86. The molecule has 0 spiro atoms. The minimum absolute atomic E-state index is 0.0758. The molecule has 3 aliphatic rings. The summed E-state index contributed by atoms with van der Waals surface area (Å²) in [5, 5.41) is 3.10. The zero-order valence-corrected chi connectivity index (χ0v) is 20.4. The number of hydrogen-bond donors (Lipinski definition) is 1. The maximum atomic E-state index is 13.3. The van der Waals surface area contributed by atoms with Crippen molar-refractivity contribution in [1.82, 2.24) is 15.1 Å². The van der Waals surface area contributed by atoms with Crippen molar-refractivity contribution in [2.24, 2.45) is 5.92 Å². The number of ether oxygens (including phenoxy) is 3. The van der Waals surface area contributed by atoms with Gasteiger partial charge in [-0.25, -0.2) is 0 Å². The van der Waals surface area contributed by atoms with Crippen LogP contribution in [0.1, 0.15) is 43.1 Å². The molecule has 2 aromatic rings. The summed E-state index contributed by atoms with van der Waals surface area (Å²) in [5.41, 5.74) is 1.84. The van der Waals surface area contributed by atoms with E-state index in [4.69, 9.17) is 14.2 Å². The van der Waals surface area contributed by atoms with Crippen molar-refractivity contribution >= 4 is 17.7 Å². The number of hydrogen-bond acceptors (Lipinski definition) is 7. The van der Waals surface area contributed by atoms with Crippen LogP contribution in [0.3, 0.4) is 0 Å². The highest BCUT2D eigenvalue weighted by molar-refractivity contribution is 6.21. The van der Waals surface area contributed by atoms with Crippen LogP contribution >= 0.6 is 0 Å². The molecule has 2 fully saturated rings. The van der Waals surface area contributed by atoms with E-state index in [1.165, 1.54) is 12.0 Å². The maximum absolute atomic E-state index is 13.3. The van der Waals surface area contributed by atoms with E-state index in [2.05, 4.69) is 10.2 Å². The van der Waals surface area contributed by atoms with Crippen molar-refractivity contribution in [2.75, 3.05) is 53.2 Å². The second-order valence-corrected chi connectivity index (χ2v) is 9.33. The van der Waals surface area contributed by atoms with E-state index in [9.17, 15) is 14.4 Å². The van der Waals surface area contributed by atoms with Gasteiger partial charge in [-0.2, -0.15) is 0 Å². The summed E-state index contributed by atoms with van der Waals surface area (Å²) in [6.07, 6.45) is 0.969. The van der Waals surface area contributed by atoms with Crippen LogP contribution in [0.2, 0.25) is 0 Å². The summed E-state index contributed by atoms with van der Waals surface area (Å²) in [4.78, 5) is 42.5. The van der Waals surface area contributed by atoms with Gasteiger partial charge in [0, 0.05) is 38.2 Å². The molecule has 3 aliphatic heterocycles. The first-order chi connectivity index (χ1) is 17.6. The van der Waals surface area contributed by atoms with Gasteiger partial charge in [0.25, 0.3) is 17.7 Å². The number of methoxy groups -OCH3 is 1. The van der Waals surface area contributed by atoms with Gasteiger partial charge >= 0.3 is 0 Å². The van der Waals surface area contributed by atoms with Gasteiger partial charge in [0.15, 0.2) is 0 Å². The second kappa shape index (κ2) is 10.8. The van der Waals surface area contributed by atoms with Gasteiger partial charge < -0.3 is 19.5 Å². The summed E-state index contributed by atoms with van der Waals surface area (Å²) >= 11 is 0. The third-order valence-corrected chi connectivity index (χ3v) is 7.22. The van der Waals surface area contributed by atoms with Crippen LogP contribution in [0.15, 0.2) is 42.5 Å². The SMILES string of the molecule is COc1ccc(CN2C(=O)c3ccccc3C2=O)cc1C(=O)NCC(C1CCOC1)N1CCOCC1. The standard InChI is InChI=1S/C27H31N3O6/c1-34-24-7-6-18(16-30-26(32)20-4-2-3-5-21(20)27(30)33)14-22(24)25(31)28-15-23(19-8-11-36-17-19)29-9-12-35-13-10-29/h2-7,14,19,23H,8-13,15-17H2,1H3,(H,28,31). The average molecular weight is 494 g/mol. The van der Waals surface area contributed by atoms with Crippen LogP contribution < -0.4 is 10.1 Å². The fourth-order valence-electron chi connectivity index (χ4n) is 5.25. The Morgan fingerprint density at radius 1 is 1.06 bits per heavy atom. The number of nitrogens with one attached hydrogen (secondary N) is 1. The van der Waals surface area contributed by atoms with Crippen LogP contribution in [-0.4, -0.2) is 86.7 Å². The third-order valence-electron chi connectivity index (χ3n) is 7.22. The Bertz CT molecular complexity index is 1110. The van der Waals surface area contributed by atoms with Gasteiger partial charge in [0.1, 0.15) is 5.75 Å². The number of morpholine rings is 1. The Morgan fingerprint density at radius 3 is 2.42 bits per heavy atom. The fourth-order valence-corrected chi connectivity index (χ4v) is 5.25. The Hall–Kier alpha value is -3.27. The molecule has 2 aromatic carbocycles. The zero-order valence-electron chi connectivity index (χ0n) is 20.4. The molecule has 2 unspecified atom stereocenters. The minimum Gasteiger partial charge on any atom is -0.496 e. The normalized spacial score (nSPS) is 20.9. The predicted octanol–water partition coefficient (Wildman–Crippen LogP) is 1.96. The van der Waals surface area contributed by atoms with E-state index < -0.39 is 0 Å². The summed E-state index contributed by atoms with van der Waals surface area (Å²) in [6, 6.07) is 12.1. The monoisotopic (exact) mass is 493 g/mol. The van der Waals surface area contributed by atoms with Crippen LogP contribution in [0, 0.1) is 5.92 Å². The highest BCUT2D eigenvalue weighted by Gasteiger charge is 2.35. The summed E-state index contributed by atoms with van der Waals surface area (Å²) in [5.74, 6) is -0.126. The molecule has 0 aromatic heterocycles. The van der Waals surface area contributed by atoms with E-state index >= 15 is 0 Å². The molecule has 0 saturated carbocycles. The van der Waals surface area contributed by atoms with Crippen molar-refractivity contribution in [2.45, 2.75) is 19.0 Å². The summed E-state index contributed by atoms with van der Waals surface area (Å²) < 4.78 is 16.6. The minimum atomic E-state index is -0.329. The van der Waals surface area contributed by atoms with Crippen molar-refractivity contribution in [1.29, 1.82) is 0 Å². The molecule has 2 saturated heterocycles. The molecule has 0 radical (unpaired) electrons. The Morgan fingerprint density at radius 2 is 1.78 bits per heavy atom. The van der Waals surface area contributed by atoms with E-state index in [0.29, 0.717) is 60.3 Å². The summed E-state index contributed by atoms with van der Waals surface area (Å²) in [7, 11) is 1.52. The Balaban J connectivity index is 1.30. The second-order valence-electron chi connectivity index (χ2n) is 9.33. The Kier molecular flexibility index (Phi) is 7.31. The highest BCUT2D eigenvalue weighted by atomic mass is 16.5. The largest absolute Gasteiger partial charge is 0.496 e. The Labute approximate surface area is 210 Å². The number of carbonyl (C=O) groups is 3. The number of amides is 3. The van der Waals surface area contributed by atoms with E-state index in [-0.39, 0.29) is 30.3 Å².